The van der Waals surface area contributed by atoms with Crippen molar-refractivity contribution >= 4 is 55.3 Å². The lowest BCUT2D eigenvalue weighted by Crippen LogP contribution is -1.97. The van der Waals surface area contributed by atoms with Crippen LogP contribution in [0, 0.1) is 0 Å². The molecule has 1 N–H and O–H groups in total. The summed E-state index contributed by atoms with van der Waals surface area (Å²) in [6.07, 6.45) is 0. The zero-order valence-corrected chi connectivity index (χ0v) is 13.1. The Kier molecular flexibility index (Phi) is 3.78. The van der Waals surface area contributed by atoms with Crippen molar-refractivity contribution in [3.05, 3.63) is 62.2 Å². The molecule has 0 fully saturated rings. The number of nitrogens with one attached hydrogen (secondary N) is 1. The zero-order valence-electron chi connectivity index (χ0n) is 9.99. The molecule has 0 saturated carbocycles. The highest BCUT2D eigenvalue weighted by molar-refractivity contribution is 9.10. The summed E-state index contributed by atoms with van der Waals surface area (Å²) < 4.78 is 1.77. The maximum absolute atomic E-state index is 6.05. The van der Waals surface area contributed by atoms with E-state index in [1.54, 1.807) is 11.3 Å². The average Bonchev–Trinajstić information content (AvgIpc) is 2.75. The molecule has 0 aliphatic carbocycles. The molecule has 1 nitrogen and oxygen atoms in total. The van der Waals surface area contributed by atoms with Gasteiger partial charge in [-0.15, -0.1) is 11.3 Å². The summed E-state index contributed by atoms with van der Waals surface area (Å²) in [5.74, 6) is 0. The first-order valence-corrected chi connectivity index (χ1v) is 7.88. The molecule has 0 atom stereocenters. The van der Waals surface area contributed by atoms with Gasteiger partial charge in [-0.2, -0.15) is 0 Å². The molecule has 0 bridgehead atoms. The molecule has 1 heterocycles. The van der Waals surface area contributed by atoms with Gasteiger partial charge in [-0.3, -0.25) is 0 Å². The van der Waals surface area contributed by atoms with Crippen molar-refractivity contribution < 1.29 is 0 Å². The molecule has 0 amide bonds. The minimum absolute atomic E-state index is 0.782. The van der Waals surface area contributed by atoms with Crippen LogP contribution < -0.4 is 5.32 Å². The Morgan fingerprint density at radius 3 is 2.68 bits per heavy atom. The summed E-state index contributed by atoms with van der Waals surface area (Å²) >= 11 is 11.1. The summed E-state index contributed by atoms with van der Waals surface area (Å²) in [4.78, 5) is 1.21. The summed E-state index contributed by atoms with van der Waals surface area (Å²) in [5.41, 5.74) is 1.15. The van der Waals surface area contributed by atoms with Crippen molar-refractivity contribution in [2.24, 2.45) is 0 Å². The fourth-order valence-electron chi connectivity index (χ4n) is 2.04. The summed E-state index contributed by atoms with van der Waals surface area (Å²) in [6, 6.07) is 16.7. The van der Waals surface area contributed by atoms with Crippen molar-refractivity contribution in [1.29, 1.82) is 0 Å². The molecular formula is C15H11BrClNS. The van der Waals surface area contributed by atoms with Crippen LogP contribution in [0.2, 0.25) is 4.34 Å². The first-order valence-electron chi connectivity index (χ1n) is 5.89. The maximum Gasteiger partial charge on any atom is 0.107 e. The Bertz CT molecular complexity index is 698. The molecule has 19 heavy (non-hydrogen) atoms. The summed E-state index contributed by atoms with van der Waals surface area (Å²) in [6.45, 7) is 0.782. The molecule has 0 aliphatic heterocycles. The predicted octanol–water partition coefficient (Wildman–Crippen LogP) is 5.93. The van der Waals surface area contributed by atoms with Crippen LogP contribution in [0.4, 0.5) is 5.69 Å². The Morgan fingerprint density at radius 2 is 1.89 bits per heavy atom. The summed E-state index contributed by atoms with van der Waals surface area (Å²) in [7, 11) is 0. The van der Waals surface area contributed by atoms with Crippen LogP contribution in [0.3, 0.4) is 0 Å². The number of rotatable bonds is 3. The van der Waals surface area contributed by atoms with E-state index in [-0.39, 0.29) is 0 Å². The van der Waals surface area contributed by atoms with Gasteiger partial charge in [0.2, 0.25) is 0 Å². The second-order valence-electron chi connectivity index (χ2n) is 4.21. The van der Waals surface area contributed by atoms with E-state index in [1.807, 2.05) is 0 Å². The lowest BCUT2D eigenvalue weighted by atomic mass is 10.1. The van der Waals surface area contributed by atoms with Gasteiger partial charge in [-0.1, -0.05) is 48.0 Å². The minimum Gasteiger partial charge on any atom is -0.380 e. The van der Waals surface area contributed by atoms with Gasteiger partial charge in [0, 0.05) is 27.0 Å². The van der Waals surface area contributed by atoms with Gasteiger partial charge in [0.25, 0.3) is 0 Å². The Balaban J connectivity index is 1.85. The van der Waals surface area contributed by atoms with Crippen LogP contribution in [-0.2, 0) is 6.54 Å². The summed E-state index contributed by atoms with van der Waals surface area (Å²) in [5, 5.41) is 5.97. The zero-order chi connectivity index (χ0) is 13.2. The van der Waals surface area contributed by atoms with Gasteiger partial charge in [-0.05, 0) is 33.4 Å². The lowest BCUT2D eigenvalue weighted by Gasteiger charge is -2.08. The molecule has 2 aromatic carbocycles. The average molecular weight is 353 g/mol. The molecule has 3 rings (SSSR count). The van der Waals surface area contributed by atoms with Gasteiger partial charge in [0.1, 0.15) is 4.34 Å². The number of thiophene rings is 1. The number of benzene rings is 2. The third-order valence-corrected chi connectivity index (χ3v) is 5.41. The normalized spacial score (nSPS) is 10.8. The third-order valence-electron chi connectivity index (χ3n) is 2.94. The van der Waals surface area contributed by atoms with Crippen LogP contribution in [0.1, 0.15) is 4.88 Å². The van der Waals surface area contributed by atoms with E-state index in [0.717, 1.165) is 21.0 Å². The van der Waals surface area contributed by atoms with Gasteiger partial charge in [0.15, 0.2) is 0 Å². The van der Waals surface area contributed by atoms with Gasteiger partial charge in [0.05, 0.1) is 0 Å². The predicted molar refractivity (Wildman–Crippen MR) is 88.3 cm³/mol. The topological polar surface area (TPSA) is 12.0 Å². The monoisotopic (exact) mass is 351 g/mol. The largest absolute Gasteiger partial charge is 0.380 e. The maximum atomic E-state index is 6.05. The molecule has 3 aromatic rings. The first kappa shape index (κ1) is 13.0. The van der Waals surface area contributed by atoms with Crippen molar-refractivity contribution in [2.45, 2.75) is 6.54 Å². The standard InChI is InChI=1S/C15H11BrClNS/c16-13-8-11(19-15(13)17)9-18-14-7-3-5-10-4-1-2-6-12(10)14/h1-8,18H,9H2. The highest BCUT2D eigenvalue weighted by Gasteiger charge is 2.05. The van der Waals surface area contributed by atoms with E-state index in [4.69, 9.17) is 11.6 Å². The SMILES string of the molecule is Clc1sc(CNc2cccc3ccccc23)cc1Br. The second kappa shape index (κ2) is 5.53. The highest BCUT2D eigenvalue weighted by atomic mass is 79.9. The van der Waals surface area contributed by atoms with Crippen molar-refractivity contribution in [2.75, 3.05) is 5.32 Å². The highest BCUT2D eigenvalue weighted by Crippen LogP contribution is 2.32. The van der Waals surface area contributed by atoms with Crippen molar-refractivity contribution in [1.82, 2.24) is 0 Å². The quantitative estimate of drug-likeness (QED) is 0.616. The fraction of sp³-hybridized carbons (Fsp3) is 0.0667. The second-order valence-corrected chi connectivity index (χ2v) is 6.81. The fourth-order valence-corrected chi connectivity index (χ4v) is 3.77. The molecule has 0 spiro atoms. The molecule has 1 aromatic heterocycles. The molecule has 0 unspecified atom stereocenters. The molecular weight excluding hydrogens is 342 g/mol. The minimum atomic E-state index is 0.782. The number of hydrogen-bond acceptors (Lipinski definition) is 2. The van der Waals surface area contributed by atoms with E-state index in [0.29, 0.717) is 0 Å². The molecule has 0 radical (unpaired) electrons. The Hall–Kier alpha value is -1.03. The smallest absolute Gasteiger partial charge is 0.107 e. The lowest BCUT2D eigenvalue weighted by molar-refractivity contribution is 1.20. The number of hydrogen-bond donors (Lipinski definition) is 1. The van der Waals surface area contributed by atoms with Crippen LogP contribution >= 0.6 is 38.9 Å². The third kappa shape index (κ3) is 2.78. The van der Waals surface area contributed by atoms with E-state index in [1.165, 1.54) is 15.6 Å². The van der Waals surface area contributed by atoms with Gasteiger partial charge >= 0.3 is 0 Å². The number of halogens is 2. The van der Waals surface area contributed by atoms with Crippen LogP contribution in [0.15, 0.2) is 53.0 Å². The molecule has 0 saturated heterocycles. The number of fused-ring (bicyclic) bond motifs is 1. The van der Waals surface area contributed by atoms with E-state index >= 15 is 0 Å². The molecule has 0 aliphatic rings. The Labute approximate surface area is 129 Å². The van der Waals surface area contributed by atoms with Crippen molar-refractivity contribution in [3.8, 4) is 0 Å². The molecule has 4 heteroatoms. The van der Waals surface area contributed by atoms with E-state index in [9.17, 15) is 0 Å². The number of anilines is 1. The first-order chi connectivity index (χ1) is 9.24. The van der Waals surface area contributed by atoms with E-state index < -0.39 is 0 Å². The van der Waals surface area contributed by atoms with Crippen molar-refractivity contribution in [3.63, 3.8) is 0 Å². The van der Waals surface area contributed by atoms with Crippen LogP contribution in [0.25, 0.3) is 10.8 Å². The van der Waals surface area contributed by atoms with Gasteiger partial charge in [-0.25, -0.2) is 0 Å². The van der Waals surface area contributed by atoms with Crippen LogP contribution in [0.5, 0.6) is 0 Å². The van der Waals surface area contributed by atoms with E-state index in [2.05, 4.69) is 69.8 Å². The van der Waals surface area contributed by atoms with Crippen LogP contribution in [-0.4, -0.2) is 0 Å². The molecule has 96 valence electrons. The Morgan fingerprint density at radius 1 is 1.11 bits per heavy atom. The van der Waals surface area contributed by atoms with Gasteiger partial charge < -0.3 is 5.32 Å².